The monoisotopic (exact) mass is 566 g/mol. The molecule has 0 aromatic heterocycles. The zero-order valence-electron chi connectivity index (χ0n) is 25.9. The van der Waals surface area contributed by atoms with Gasteiger partial charge < -0.3 is 4.55 Å². The summed E-state index contributed by atoms with van der Waals surface area (Å²) in [5.41, 5.74) is 0. The molecule has 0 N–H and O–H groups in total. The summed E-state index contributed by atoms with van der Waals surface area (Å²) in [4.78, 5) is 0. The first-order chi connectivity index (χ1) is 18.0. The molecule has 4 nitrogen and oxygen atoms in total. The molecular formula is C32H63NaO4S. The van der Waals surface area contributed by atoms with Crippen LogP contribution in [0.3, 0.4) is 0 Å². The summed E-state index contributed by atoms with van der Waals surface area (Å²) in [6.07, 6.45) is 38.2. The van der Waals surface area contributed by atoms with Gasteiger partial charge in [0.1, 0.15) is 0 Å². The Hall–Kier alpha value is 0.610. The molecule has 1 atom stereocenters. The Labute approximate surface area is 261 Å². The van der Waals surface area contributed by atoms with Crippen LogP contribution in [0.15, 0.2) is 12.2 Å². The Balaban J connectivity index is 0. The Kier molecular flexibility index (Phi) is 34.5. The van der Waals surface area contributed by atoms with Crippen molar-refractivity contribution in [1.29, 1.82) is 0 Å². The predicted octanol–water partition coefficient (Wildman–Crippen LogP) is 7.82. The van der Waals surface area contributed by atoms with Crippen LogP contribution in [-0.2, 0) is 14.6 Å². The van der Waals surface area contributed by atoms with Gasteiger partial charge in [0.25, 0.3) is 0 Å². The van der Waals surface area contributed by atoms with E-state index in [1.54, 1.807) is 0 Å². The fraction of sp³-hybridized carbons (Fsp3) is 0.938. The zero-order valence-corrected chi connectivity index (χ0v) is 28.7. The maximum absolute atomic E-state index is 10.9. The predicted molar refractivity (Wildman–Crippen MR) is 160 cm³/mol. The van der Waals surface area contributed by atoms with Crippen molar-refractivity contribution >= 4 is 10.4 Å². The molecule has 0 spiro atoms. The maximum Gasteiger partial charge on any atom is 1.00 e. The fourth-order valence-electron chi connectivity index (χ4n) is 5.05. The molecule has 0 amide bonds. The van der Waals surface area contributed by atoms with Crippen LogP contribution < -0.4 is 29.6 Å². The van der Waals surface area contributed by atoms with Crippen LogP contribution in [0.25, 0.3) is 0 Å². The number of rotatable bonds is 30. The van der Waals surface area contributed by atoms with Gasteiger partial charge in [0, 0.05) is 5.92 Å². The second-order valence-electron chi connectivity index (χ2n) is 11.2. The molecule has 0 aromatic rings. The molecule has 0 saturated heterocycles. The van der Waals surface area contributed by atoms with Gasteiger partial charge in [-0.2, -0.15) is 0 Å². The largest absolute Gasteiger partial charge is 1.00 e. The van der Waals surface area contributed by atoms with Gasteiger partial charge in [-0.1, -0.05) is 174 Å². The van der Waals surface area contributed by atoms with E-state index in [0.717, 1.165) is 19.3 Å². The van der Waals surface area contributed by atoms with Gasteiger partial charge in [-0.25, -0.2) is 8.42 Å². The molecule has 6 heteroatoms. The average molecular weight is 567 g/mol. The number of unbranched alkanes of at least 4 members (excludes halogenated alkanes) is 23. The second-order valence-corrected chi connectivity index (χ2v) is 12.3. The third-order valence-electron chi connectivity index (χ3n) is 7.49. The molecule has 0 saturated carbocycles. The minimum atomic E-state index is -4.61. The zero-order chi connectivity index (χ0) is 27.3. The molecule has 38 heavy (non-hydrogen) atoms. The summed E-state index contributed by atoms with van der Waals surface area (Å²) in [6, 6.07) is 0. The van der Waals surface area contributed by atoms with E-state index in [2.05, 4.69) is 30.2 Å². The fourth-order valence-corrected chi connectivity index (χ4v) is 5.39. The first kappa shape index (κ1) is 40.7. The molecule has 0 aliphatic heterocycles. The molecule has 222 valence electrons. The van der Waals surface area contributed by atoms with Crippen molar-refractivity contribution in [3.63, 3.8) is 0 Å². The minimum absolute atomic E-state index is 0. The molecule has 0 rings (SSSR count). The van der Waals surface area contributed by atoms with Crippen LogP contribution in [0.4, 0.5) is 0 Å². The topological polar surface area (TPSA) is 66.4 Å². The van der Waals surface area contributed by atoms with E-state index in [1.807, 2.05) is 0 Å². The van der Waals surface area contributed by atoms with Gasteiger partial charge in [0.15, 0.2) is 0 Å². The van der Waals surface area contributed by atoms with E-state index in [1.165, 1.54) is 148 Å². The maximum atomic E-state index is 10.9. The van der Waals surface area contributed by atoms with Crippen molar-refractivity contribution in [2.75, 3.05) is 6.61 Å². The van der Waals surface area contributed by atoms with Crippen molar-refractivity contribution in [3.8, 4) is 0 Å². The summed E-state index contributed by atoms with van der Waals surface area (Å²) in [7, 11) is -4.61. The van der Waals surface area contributed by atoms with E-state index < -0.39 is 10.4 Å². The van der Waals surface area contributed by atoms with Crippen molar-refractivity contribution in [2.24, 2.45) is 5.92 Å². The van der Waals surface area contributed by atoms with Crippen LogP contribution in [0.5, 0.6) is 0 Å². The Bertz CT molecular complexity index is 580. The Morgan fingerprint density at radius 3 is 1.29 bits per heavy atom. The normalized spacial score (nSPS) is 12.7. The first-order valence-corrected chi connectivity index (χ1v) is 17.6. The van der Waals surface area contributed by atoms with Gasteiger partial charge in [-0.3, -0.25) is 4.18 Å². The third kappa shape index (κ3) is 34.6. The first-order valence-electron chi connectivity index (χ1n) is 16.3. The van der Waals surface area contributed by atoms with Crippen molar-refractivity contribution < 1.29 is 46.7 Å². The van der Waals surface area contributed by atoms with Crippen LogP contribution in [0.2, 0.25) is 0 Å². The third-order valence-corrected chi connectivity index (χ3v) is 7.91. The van der Waals surface area contributed by atoms with E-state index in [-0.39, 0.29) is 42.1 Å². The van der Waals surface area contributed by atoms with Crippen molar-refractivity contribution in [2.45, 2.75) is 181 Å². The quantitative estimate of drug-likeness (QED) is 0.0292. The van der Waals surface area contributed by atoms with Crippen LogP contribution in [0.1, 0.15) is 181 Å². The van der Waals surface area contributed by atoms with Gasteiger partial charge in [-0.15, -0.1) is 0 Å². The summed E-state index contributed by atoms with van der Waals surface area (Å²) in [5, 5.41) is 0. The van der Waals surface area contributed by atoms with E-state index >= 15 is 0 Å². The smallest absolute Gasteiger partial charge is 0.726 e. The number of hydrogen-bond acceptors (Lipinski definition) is 4. The van der Waals surface area contributed by atoms with Gasteiger partial charge in [0.2, 0.25) is 10.4 Å². The molecule has 0 fully saturated rings. The summed E-state index contributed by atoms with van der Waals surface area (Å²) < 4.78 is 37.2. The standard InChI is InChI=1S/C32H64O4S.Na/c1-3-5-7-9-11-13-14-15-16-17-18-19-20-21-22-24-26-28-30-32(31-36-37(33,34)35)29-27-25-23-12-10-8-6-4-2;/h27,29,32H,3-26,28,30-31H2,1-2H3,(H,33,34,35);/q;+1/p-1/b29-27+;. The summed E-state index contributed by atoms with van der Waals surface area (Å²) in [6.45, 7) is 4.49. The average Bonchev–Trinajstić information content (AvgIpc) is 2.87. The molecule has 0 radical (unpaired) electrons. The van der Waals surface area contributed by atoms with E-state index in [9.17, 15) is 13.0 Å². The van der Waals surface area contributed by atoms with Crippen LogP contribution in [-0.4, -0.2) is 19.6 Å². The van der Waals surface area contributed by atoms with Crippen molar-refractivity contribution in [1.82, 2.24) is 0 Å². The van der Waals surface area contributed by atoms with E-state index in [4.69, 9.17) is 0 Å². The van der Waals surface area contributed by atoms with Gasteiger partial charge in [0.05, 0.1) is 6.61 Å². The van der Waals surface area contributed by atoms with Crippen LogP contribution in [0, 0.1) is 5.92 Å². The summed E-state index contributed by atoms with van der Waals surface area (Å²) >= 11 is 0. The Morgan fingerprint density at radius 1 is 0.579 bits per heavy atom. The van der Waals surface area contributed by atoms with Gasteiger partial charge >= 0.3 is 29.6 Å². The molecular weight excluding hydrogens is 503 g/mol. The Morgan fingerprint density at radius 2 is 0.921 bits per heavy atom. The second kappa shape index (κ2) is 32.1. The molecule has 0 aromatic carbocycles. The molecule has 0 heterocycles. The van der Waals surface area contributed by atoms with Crippen LogP contribution >= 0.6 is 0 Å². The molecule has 1 unspecified atom stereocenters. The molecule has 0 aliphatic carbocycles. The SMILES string of the molecule is CCCCCCCC/C=C/C(CCCCCCCCCCCCCCCCCCCC)COS(=O)(=O)[O-].[Na+]. The molecule has 0 bridgehead atoms. The number of hydrogen-bond donors (Lipinski definition) is 0. The van der Waals surface area contributed by atoms with Gasteiger partial charge in [-0.05, 0) is 19.3 Å². The molecule has 0 aliphatic rings. The minimum Gasteiger partial charge on any atom is -0.726 e. The van der Waals surface area contributed by atoms with Crippen molar-refractivity contribution in [3.05, 3.63) is 12.2 Å². The number of allylic oxidation sites excluding steroid dienone is 1. The van der Waals surface area contributed by atoms with E-state index in [0.29, 0.717) is 0 Å². The summed E-state index contributed by atoms with van der Waals surface area (Å²) in [5.74, 6) is 0.0184.